The summed E-state index contributed by atoms with van der Waals surface area (Å²) in [7, 11) is 0. The number of hydrogen-bond donors (Lipinski definition) is 1. The highest BCUT2D eigenvalue weighted by atomic mass is 35.5. The van der Waals surface area contributed by atoms with Crippen molar-refractivity contribution >= 4 is 80.8 Å². The Labute approximate surface area is 167 Å². The van der Waals surface area contributed by atoms with Crippen molar-refractivity contribution < 1.29 is 14.3 Å². The molecule has 2 aromatic carbocycles. The van der Waals surface area contributed by atoms with E-state index in [0.717, 1.165) is 11.8 Å². The van der Waals surface area contributed by atoms with Crippen LogP contribution >= 0.6 is 58.8 Å². The van der Waals surface area contributed by atoms with Gasteiger partial charge in [0.05, 0.1) is 25.7 Å². The van der Waals surface area contributed by atoms with Gasteiger partial charge >= 0.3 is 0 Å². The van der Waals surface area contributed by atoms with E-state index in [2.05, 4.69) is 0 Å². The molecular weight excluding hydrogens is 428 g/mol. The maximum atomic E-state index is 13.3. The number of phenolic OH excluding ortho intramolecular Hbond substituents is 1. The molecule has 0 spiro atoms. The number of thiocarbonyl (C=S) groups is 1. The number of aromatic hydroxyl groups is 1. The number of anilines is 1. The molecule has 9 heteroatoms. The number of nitrogens with zero attached hydrogens (tertiary/aromatic N) is 1. The molecule has 0 saturated carbocycles. The first-order chi connectivity index (χ1) is 11.8. The van der Waals surface area contributed by atoms with Gasteiger partial charge in [0.2, 0.25) is 0 Å². The molecule has 0 bridgehead atoms. The highest BCUT2D eigenvalue weighted by molar-refractivity contribution is 8.27. The van der Waals surface area contributed by atoms with E-state index in [1.165, 1.54) is 35.2 Å². The molecular formula is C16H7Cl3FNO2S2. The van der Waals surface area contributed by atoms with Gasteiger partial charge in [-0.3, -0.25) is 9.69 Å². The fourth-order valence-corrected chi connectivity index (χ4v) is 4.11. The van der Waals surface area contributed by atoms with Crippen LogP contribution in [0.25, 0.3) is 6.08 Å². The van der Waals surface area contributed by atoms with Crippen LogP contribution in [0.4, 0.5) is 10.1 Å². The second-order valence-electron chi connectivity index (χ2n) is 4.95. The number of benzene rings is 2. The Bertz CT molecular complexity index is 926. The monoisotopic (exact) mass is 433 g/mol. The maximum Gasteiger partial charge on any atom is 0.270 e. The summed E-state index contributed by atoms with van der Waals surface area (Å²) in [5, 5.41) is 9.63. The number of rotatable bonds is 2. The smallest absolute Gasteiger partial charge is 0.270 e. The standard InChI is InChI=1S/C16H7Cl3FNO2S2/c17-9-6-8(1-2-12(9)20)21-15(23)13(25-16(21)24)5-7-3-10(18)14(22)11(19)4-7/h1-6,22H. The van der Waals surface area contributed by atoms with Crippen LogP contribution in [0.2, 0.25) is 15.1 Å². The lowest BCUT2D eigenvalue weighted by molar-refractivity contribution is -0.113. The van der Waals surface area contributed by atoms with Gasteiger partial charge in [-0.1, -0.05) is 58.8 Å². The largest absolute Gasteiger partial charge is 0.505 e. The molecule has 1 N–H and O–H groups in total. The Morgan fingerprint density at radius 2 is 1.76 bits per heavy atom. The highest BCUT2D eigenvalue weighted by Crippen LogP contribution is 2.39. The van der Waals surface area contributed by atoms with Crippen molar-refractivity contribution in [1.29, 1.82) is 0 Å². The zero-order chi connectivity index (χ0) is 18.3. The predicted molar refractivity (Wildman–Crippen MR) is 105 cm³/mol. The Balaban J connectivity index is 1.97. The van der Waals surface area contributed by atoms with Crippen molar-refractivity contribution in [2.75, 3.05) is 4.90 Å². The van der Waals surface area contributed by atoms with Gasteiger partial charge in [0.15, 0.2) is 10.1 Å². The fourth-order valence-electron chi connectivity index (χ4n) is 2.13. The number of halogens is 4. The van der Waals surface area contributed by atoms with Crippen LogP contribution < -0.4 is 4.90 Å². The molecule has 0 aromatic heterocycles. The normalized spacial score (nSPS) is 16.2. The molecule has 1 heterocycles. The number of amides is 1. The minimum atomic E-state index is -0.584. The summed E-state index contributed by atoms with van der Waals surface area (Å²) in [6, 6.07) is 6.87. The van der Waals surface area contributed by atoms with Gasteiger partial charge in [-0.2, -0.15) is 0 Å². The lowest BCUT2D eigenvalue weighted by atomic mass is 10.2. The Kier molecular flexibility index (Phi) is 5.27. The van der Waals surface area contributed by atoms with Gasteiger partial charge in [-0.15, -0.1) is 0 Å². The van der Waals surface area contributed by atoms with Crippen LogP contribution in [-0.2, 0) is 4.79 Å². The van der Waals surface area contributed by atoms with E-state index in [-0.39, 0.29) is 31.0 Å². The van der Waals surface area contributed by atoms with E-state index in [4.69, 9.17) is 47.0 Å². The molecule has 128 valence electrons. The predicted octanol–water partition coefficient (Wildman–Crippen LogP) is 5.90. The van der Waals surface area contributed by atoms with Gasteiger partial charge in [0, 0.05) is 0 Å². The molecule has 0 unspecified atom stereocenters. The van der Waals surface area contributed by atoms with Crippen molar-refractivity contribution in [3.8, 4) is 5.75 Å². The molecule has 3 rings (SSSR count). The van der Waals surface area contributed by atoms with E-state index in [0.29, 0.717) is 16.2 Å². The number of carbonyl (C=O) groups excluding carboxylic acids is 1. The Morgan fingerprint density at radius 3 is 2.36 bits per heavy atom. The second-order valence-corrected chi connectivity index (χ2v) is 7.85. The minimum Gasteiger partial charge on any atom is -0.505 e. The van der Waals surface area contributed by atoms with Crippen LogP contribution in [-0.4, -0.2) is 15.3 Å². The molecule has 1 aliphatic rings. The molecule has 0 atom stereocenters. The summed E-state index contributed by atoms with van der Waals surface area (Å²) < 4.78 is 13.6. The zero-order valence-electron chi connectivity index (χ0n) is 12.1. The molecule has 0 radical (unpaired) electrons. The van der Waals surface area contributed by atoms with Crippen molar-refractivity contribution in [2.24, 2.45) is 0 Å². The summed E-state index contributed by atoms with van der Waals surface area (Å²) in [4.78, 5) is 14.3. The van der Waals surface area contributed by atoms with Crippen molar-refractivity contribution in [2.45, 2.75) is 0 Å². The topological polar surface area (TPSA) is 40.5 Å². The van der Waals surface area contributed by atoms with E-state index < -0.39 is 5.82 Å². The first-order valence-corrected chi connectivity index (χ1v) is 9.05. The molecule has 1 aliphatic heterocycles. The minimum absolute atomic E-state index is 0.0690. The Morgan fingerprint density at radius 1 is 1.12 bits per heavy atom. The summed E-state index contributed by atoms with van der Waals surface area (Å²) >= 11 is 23.9. The molecule has 1 saturated heterocycles. The third-order valence-electron chi connectivity index (χ3n) is 3.29. The third-order valence-corrected chi connectivity index (χ3v) is 5.46. The van der Waals surface area contributed by atoms with Crippen LogP contribution in [0, 0.1) is 5.82 Å². The van der Waals surface area contributed by atoms with Crippen LogP contribution in [0.1, 0.15) is 5.56 Å². The van der Waals surface area contributed by atoms with E-state index >= 15 is 0 Å². The van der Waals surface area contributed by atoms with E-state index in [9.17, 15) is 14.3 Å². The van der Waals surface area contributed by atoms with Gasteiger partial charge in [-0.25, -0.2) is 4.39 Å². The lowest BCUT2D eigenvalue weighted by Gasteiger charge is -2.14. The molecule has 2 aromatic rings. The van der Waals surface area contributed by atoms with Gasteiger partial charge in [0.1, 0.15) is 5.82 Å². The van der Waals surface area contributed by atoms with Crippen LogP contribution in [0.3, 0.4) is 0 Å². The second kappa shape index (κ2) is 7.13. The van der Waals surface area contributed by atoms with Gasteiger partial charge in [-0.05, 0) is 42.0 Å². The summed E-state index contributed by atoms with van der Waals surface area (Å²) in [6.45, 7) is 0. The number of thioether (sulfide) groups is 1. The first-order valence-electron chi connectivity index (χ1n) is 6.69. The third kappa shape index (κ3) is 3.64. The zero-order valence-corrected chi connectivity index (χ0v) is 16.0. The lowest BCUT2D eigenvalue weighted by Crippen LogP contribution is -2.27. The molecule has 1 amide bonds. The number of hydrogen-bond acceptors (Lipinski definition) is 4. The average molecular weight is 435 g/mol. The maximum absolute atomic E-state index is 13.3. The van der Waals surface area contributed by atoms with Crippen molar-refractivity contribution in [1.82, 2.24) is 0 Å². The van der Waals surface area contributed by atoms with Gasteiger partial charge < -0.3 is 5.11 Å². The molecule has 3 nitrogen and oxygen atoms in total. The summed E-state index contributed by atoms with van der Waals surface area (Å²) in [5.74, 6) is -1.19. The van der Waals surface area contributed by atoms with Crippen molar-refractivity contribution in [3.63, 3.8) is 0 Å². The van der Waals surface area contributed by atoms with Crippen molar-refractivity contribution in [3.05, 3.63) is 61.7 Å². The SMILES string of the molecule is O=C1C(=Cc2cc(Cl)c(O)c(Cl)c2)SC(=S)N1c1ccc(F)c(Cl)c1. The Hall–Kier alpha value is -1.31. The quantitative estimate of drug-likeness (QED) is 0.472. The van der Waals surface area contributed by atoms with E-state index in [1.54, 1.807) is 6.08 Å². The molecule has 0 aliphatic carbocycles. The average Bonchev–Trinajstić information content (AvgIpc) is 2.82. The summed E-state index contributed by atoms with van der Waals surface area (Å²) in [5.41, 5.74) is 0.907. The van der Waals surface area contributed by atoms with Gasteiger partial charge in [0.25, 0.3) is 5.91 Å². The summed E-state index contributed by atoms with van der Waals surface area (Å²) in [6.07, 6.45) is 1.56. The van der Waals surface area contributed by atoms with E-state index in [1.807, 2.05) is 0 Å². The van der Waals surface area contributed by atoms with Crippen LogP contribution in [0.5, 0.6) is 5.75 Å². The van der Waals surface area contributed by atoms with Crippen LogP contribution in [0.15, 0.2) is 35.2 Å². The molecule has 25 heavy (non-hydrogen) atoms. The number of carbonyl (C=O) groups is 1. The highest BCUT2D eigenvalue weighted by Gasteiger charge is 2.33. The molecule has 1 fully saturated rings. The first kappa shape index (κ1) is 18.5. The fraction of sp³-hybridized carbons (Fsp3) is 0. The number of phenols is 1.